The normalized spacial score (nSPS) is 23.3. The summed E-state index contributed by atoms with van der Waals surface area (Å²) in [7, 11) is 0. The van der Waals surface area contributed by atoms with E-state index in [2.05, 4.69) is 9.97 Å². The monoisotopic (exact) mass is 436 g/mol. The summed E-state index contributed by atoms with van der Waals surface area (Å²) in [6.45, 7) is 1.12. The van der Waals surface area contributed by atoms with E-state index in [1.807, 2.05) is 11.0 Å². The lowest BCUT2D eigenvalue weighted by Crippen LogP contribution is -2.51. The first kappa shape index (κ1) is 20.9. The lowest BCUT2D eigenvalue weighted by atomic mass is 9.75. The molecule has 8 nitrogen and oxygen atoms in total. The van der Waals surface area contributed by atoms with E-state index >= 15 is 0 Å². The highest BCUT2D eigenvalue weighted by atomic mass is 16.3. The number of pyridine rings is 1. The van der Waals surface area contributed by atoms with Crippen LogP contribution in [0.5, 0.6) is 0 Å². The van der Waals surface area contributed by atoms with Gasteiger partial charge < -0.3 is 14.4 Å². The summed E-state index contributed by atoms with van der Waals surface area (Å²) in [5.74, 6) is 0.336. The number of aromatic nitrogens is 3. The maximum Gasteiger partial charge on any atom is 0.279 e. The highest BCUT2D eigenvalue weighted by Crippen LogP contribution is 2.39. The number of nitrogens with zero attached hydrogens (tertiary/aromatic N) is 4. The Morgan fingerprint density at radius 2 is 2.00 bits per heavy atom. The Labute approximate surface area is 185 Å². The second-order valence-corrected chi connectivity index (χ2v) is 9.15. The lowest BCUT2D eigenvalue weighted by molar-refractivity contribution is -0.142. The van der Waals surface area contributed by atoms with Gasteiger partial charge in [0, 0.05) is 25.2 Å². The van der Waals surface area contributed by atoms with E-state index in [0.29, 0.717) is 37.0 Å². The van der Waals surface area contributed by atoms with Crippen LogP contribution in [0.25, 0.3) is 11.0 Å². The molecule has 1 aliphatic carbocycles. The summed E-state index contributed by atoms with van der Waals surface area (Å²) in [5, 5.41) is 11.2. The first-order chi connectivity index (χ1) is 15.5. The Kier molecular flexibility index (Phi) is 5.55. The van der Waals surface area contributed by atoms with Crippen LogP contribution in [-0.4, -0.2) is 49.1 Å². The number of fused-ring (bicyclic) bond motifs is 1. The maximum atomic E-state index is 13.4. The van der Waals surface area contributed by atoms with E-state index < -0.39 is 5.60 Å². The molecule has 1 saturated carbocycles. The molecule has 32 heavy (non-hydrogen) atoms. The summed E-state index contributed by atoms with van der Waals surface area (Å²) >= 11 is 0. The molecule has 1 saturated heterocycles. The van der Waals surface area contributed by atoms with E-state index in [0.717, 1.165) is 31.2 Å². The van der Waals surface area contributed by atoms with Gasteiger partial charge in [0.2, 0.25) is 5.91 Å². The summed E-state index contributed by atoms with van der Waals surface area (Å²) in [6, 6.07) is 5.45. The van der Waals surface area contributed by atoms with Gasteiger partial charge in [-0.3, -0.25) is 14.2 Å². The van der Waals surface area contributed by atoms with Crippen LogP contribution in [0, 0.1) is 5.92 Å². The Morgan fingerprint density at radius 3 is 2.78 bits per heavy atom. The molecule has 0 unspecified atom stereocenters. The van der Waals surface area contributed by atoms with Gasteiger partial charge in [0.15, 0.2) is 5.52 Å². The zero-order valence-corrected chi connectivity index (χ0v) is 18.0. The molecule has 2 fully saturated rings. The number of likely N-dealkylation sites (tertiary alicyclic amines) is 1. The molecule has 0 bridgehead atoms. The molecule has 8 heteroatoms. The van der Waals surface area contributed by atoms with Gasteiger partial charge in [-0.15, -0.1) is 0 Å². The number of hydrogen-bond donors (Lipinski definition) is 1. The second kappa shape index (κ2) is 8.50. The van der Waals surface area contributed by atoms with Crippen molar-refractivity contribution in [3.63, 3.8) is 0 Å². The van der Waals surface area contributed by atoms with Crippen molar-refractivity contribution in [2.24, 2.45) is 5.92 Å². The van der Waals surface area contributed by atoms with Crippen molar-refractivity contribution in [3.8, 4) is 0 Å². The fourth-order valence-corrected chi connectivity index (χ4v) is 5.26. The van der Waals surface area contributed by atoms with Crippen molar-refractivity contribution in [1.29, 1.82) is 0 Å². The van der Waals surface area contributed by atoms with Crippen molar-refractivity contribution in [3.05, 3.63) is 59.2 Å². The van der Waals surface area contributed by atoms with Crippen LogP contribution in [-0.2, 0) is 11.3 Å². The highest BCUT2D eigenvalue weighted by Gasteiger charge is 2.39. The molecular formula is C24H28N4O4. The Bertz CT molecular complexity index is 1150. The van der Waals surface area contributed by atoms with Crippen LogP contribution < -0.4 is 5.56 Å². The second-order valence-electron chi connectivity index (χ2n) is 9.15. The highest BCUT2D eigenvalue weighted by molar-refractivity contribution is 5.80. The van der Waals surface area contributed by atoms with Crippen LogP contribution in [0.15, 0.2) is 52.5 Å². The van der Waals surface area contributed by atoms with Gasteiger partial charge in [-0.05, 0) is 55.4 Å². The molecule has 2 atom stereocenters. The van der Waals surface area contributed by atoms with Gasteiger partial charge in [0.1, 0.15) is 0 Å². The van der Waals surface area contributed by atoms with E-state index in [-0.39, 0.29) is 29.8 Å². The number of rotatable bonds is 4. The van der Waals surface area contributed by atoms with Crippen molar-refractivity contribution in [2.75, 3.05) is 13.1 Å². The zero-order chi connectivity index (χ0) is 22.1. The Morgan fingerprint density at radius 1 is 1.19 bits per heavy atom. The SMILES string of the molecule is O=C([C@@H]1CCCC[C@H]1c1ccoc1)N1CCC(O)(Cn2cnc3cccnc3c2=O)CC1. The van der Waals surface area contributed by atoms with Gasteiger partial charge >= 0.3 is 0 Å². The average Bonchev–Trinajstić information content (AvgIpc) is 3.36. The van der Waals surface area contributed by atoms with Crippen LogP contribution in [0.2, 0.25) is 0 Å². The molecule has 1 N–H and O–H groups in total. The standard InChI is InChI=1S/C24H28N4O4/c29-22(19-5-2-1-4-18(19)17-7-13-32-14-17)27-11-8-24(31,9-12-27)15-28-16-26-20-6-3-10-25-21(20)23(28)30/h3,6-7,10,13-14,16,18-19,31H,1-2,4-5,8-9,11-12,15H2/t18-,19+/m0/s1. The van der Waals surface area contributed by atoms with E-state index in [9.17, 15) is 14.7 Å². The predicted molar refractivity (Wildman–Crippen MR) is 118 cm³/mol. The molecular weight excluding hydrogens is 408 g/mol. The Balaban J connectivity index is 1.27. The number of amides is 1. The van der Waals surface area contributed by atoms with Gasteiger partial charge in [-0.25, -0.2) is 9.97 Å². The fourth-order valence-electron chi connectivity index (χ4n) is 5.26. The van der Waals surface area contributed by atoms with E-state index in [4.69, 9.17) is 4.42 Å². The number of hydrogen-bond acceptors (Lipinski definition) is 6. The van der Waals surface area contributed by atoms with E-state index in [1.54, 1.807) is 30.9 Å². The van der Waals surface area contributed by atoms with Crippen LogP contribution >= 0.6 is 0 Å². The Hall–Kier alpha value is -3.00. The quantitative estimate of drug-likeness (QED) is 0.675. The van der Waals surface area contributed by atoms with Gasteiger partial charge in [-0.2, -0.15) is 0 Å². The smallest absolute Gasteiger partial charge is 0.279 e. The maximum absolute atomic E-state index is 13.4. The summed E-state index contributed by atoms with van der Waals surface area (Å²) < 4.78 is 6.70. The third kappa shape index (κ3) is 3.95. The minimum atomic E-state index is -1.05. The minimum absolute atomic E-state index is 0.0362. The molecule has 1 aliphatic heterocycles. The number of carbonyl (C=O) groups excluding carboxylic acids is 1. The molecule has 1 amide bonds. The predicted octanol–water partition coefficient (Wildman–Crippen LogP) is 2.71. The fraction of sp³-hybridized carbons (Fsp3) is 0.500. The van der Waals surface area contributed by atoms with Crippen LogP contribution in [0.4, 0.5) is 0 Å². The average molecular weight is 437 g/mol. The number of carbonyl (C=O) groups is 1. The van der Waals surface area contributed by atoms with E-state index in [1.165, 1.54) is 10.9 Å². The summed E-state index contributed by atoms with van der Waals surface area (Å²) in [4.78, 5) is 36.4. The van der Waals surface area contributed by atoms with Crippen LogP contribution in [0.1, 0.15) is 50.0 Å². The van der Waals surface area contributed by atoms with Gasteiger partial charge in [0.05, 0.1) is 36.5 Å². The zero-order valence-electron chi connectivity index (χ0n) is 18.0. The molecule has 3 aromatic rings. The van der Waals surface area contributed by atoms with Crippen molar-refractivity contribution in [2.45, 2.75) is 56.6 Å². The first-order valence-electron chi connectivity index (χ1n) is 11.4. The van der Waals surface area contributed by atoms with Gasteiger partial charge in [-0.1, -0.05) is 12.8 Å². The summed E-state index contributed by atoms with van der Waals surface area (Å²) in [6.07, 6.45) is 11.4. The van der Waals surface area contributed by atoms with Crippen molar-refractivity contribution in [1.82, 2.24) is 19.4 Å². The van der Waals surface area contributed by atoms with Crippen molar-refractivity contribution < 1.29 is 14.3 Å². The first-order valence-corrected chi connectivity index (χ1v) is 11.4. The molecule has 0 aromatic carbocycles. The molecule has 2 aliphatic rings. The van der Waals surface area contributed by atoms with Gasteiger partial charge in [0.25, 0.3) is 5.56 Å². The molecule has 0 spiro atoms. The topological polar surface area (TPSA) is 101 Å². The lowest BCUT2D eigenvalue weighted by Gasteiger charge is -2.41. The number of furan rings is 1. The third-order valence-corrected chi connectivity index (χ3v) is 7.11. The number of piperidine rings is 1. The van der Waals surface area contributed by atoms with Crippen molar-refractivity contribution >= 4 is 16.9 Å². The number of aliphatic hydroxyl groups is 1. The molecule has 4 heterocycles. The van der Waals surface area contributed by atoms with Crippen LogP contribution in [0.3, 0.4) is 0 Å². The largest absolute Gasteiger partial charge is 0.472 e. The molecule has 3 aromatic heterocycles. The molecule has 0 radical (unpaired) electrons. The molecule has 5 rings (SSSR count). The minimum Gasteiger partial charge on any atom is -0.472 e. The summed E-state index contributed by atoms with van der Waals surface area (Å²) in [5.41, 5.74) is 0.636. The third-order valence-electron chi connectivity index (χ3n) is 7.11. The molecule has 168 valence electrons.